The van der Waals surface area contributed by atoms with Crippen molar-refractivity contribution in [2.45, 2.75) is 13.5 Å². The molecular formula is C12H13NO2. The van der Waals surface area contributed by atoms with Gasteiger partial charge >= 0.3 is 0 Å². The molecular weight excluding hydrogens is 190 g/mol. The first-order valence-electron chi connectivity index (χ1n) is 4.81. The Kier molecular flexibility index (Phi) is 2.63. The standard InChI is InChI=1S/C12H13NO2/c1-9-4-5-11(12(14)7-9)13-8-10-3-2-6-15-10/h2-7,13-14H,8H2,1H3. The predicted octanol–water partition coefficient (Wildman–Crippen LogP) is 2.91. The Labute approximate surface area is 88.4 Å². The van der Waals surface area contributed by atoms with Gasteiger partial charge in [0.15, 0.2) is 0 Å². The summed E-state index contributed by atoms with van der Waals surface area (Å²) in [6, 6.07) is 9.26. The van der Waals surface area contributed by atoms with Gasteiger partial charge in [-0.3, -0.25) is 0 Å². The van der Waals surface area contributed by atoms with Crippen LogP contribution in [0.2, 0.25) is 0 Å². The van der Waals surface area contributed by atoms with E-state index in [9.17, 15) is 5.11 Å². The number of phenolic OH excluding ortho intramolecular Hbond substituents is 1. The van der Waals surface area contributed by atoms with Crippen molar-refractivity contribution in [2.24, 2.45) is 0 Å². The molecule has 0 aliphatic rings. The molecule has 1 heterocycles. The van der Waals surface area contributed by atoms with Crippen LogP contribution in [0.15, 0.2) is 41.0 Å². The van der Waals surface area contributed by atoms with Gasteiger partial charge in [0.05, 0.1) is 18.5 Å². The quantitative estimate of drug-likeness (QED) is 0.754. The molecule has 0 unspecified atom stereocenters. The maximum absolute atomic E-state index is 9.63. The van der Waals surface area contributed by atoms with Crippen LogP contribution in [0.3, 0.4) is 0 Å². The molecule has 2 aromatic rings. The van der Waals surface area contributed by atoms with E-state index in [2.05, 4.69) is 5.32 Å². The smallest absolute Gasteiger partial charge is 0.138 e. The van der Waals surface area contributed by atoms with E-state index < -0.39 is 0 Å². The van der Waals surface area contributed by atoms with Gasteiger partial charge in [-0.1, -0.05) is 6.07 Å². The fraction of sp³-hybridized carbons (Fsp3) is 0.167. The Morgan fingerprint density at radius 1 is 1.33 bits per heavy atom. The van der Waals surface area contributed by atoms with Crippen LogP contribution < -0.4 is 5.32 Å². The summed E-state index contributed by atoms with van der Waals surface area (Å²) >= 11 is 0. The number of rotatable bonds is 3. The van der Waals surface area contributed by atoms with Crippen molar-refractivity contribution in [1.82, 2.24) is 0 Å². The maximum atomic E-state index is 9.63. The second kappa shape index (κ2) is 4.09. The van der Waals surface area contributed by atoms with E-state index in [1.54, 1.807) is 12.3 Å². The number of aromatic hydroxyl groups is 1. The van der Waals surface area contributed by atoms with Gasteiger partial charge in [0.25, 0.3) is 0 Å². The highest BCUT2D eigenvalue weighted by Crippen LogP contribution is 2.24. The molecule has 0 aliphatic heterocycles. The van der Waals surface area contributed by atoms with Crippen molar-refractivity contribution < 1.29 is 9.52 Å². The minimum absolute atomic E-state index is 0.265. The fourth-order valence-electron chi connectivity index (χ4n) is 1.39. The minimum atomic E-state index is 0.265. The Morgan fingerprint density at radius 2 is 2.20 bits per heavy atom. The van der Waals surface area contributed by atoms with E-state index in [0.717, 1.165) is 17.0 Å². The zero-order valence-electron chi connectivity index (χ0n) is 8.53. The molecule has 15 heavy (non-hydrogen) atoms. The molecule has 1 aromatic carbocycles. The van der Waals surface area contributed by atoms with Gasteiger partial charge in [-0.2, -0.15) is 0 Å². The van der Waals surface area contributed by atoms with Crippen molar-refractivity contribution in [2.75, 3.05) is 5.32 Å². The average molecular weight is 203 g/mol. The molecule has 0 spiro atoms. The lowest BCUT2D eigenvalue weighted by atomic mass is 10.2. The van der Waals surface area contributed by atoms with Gasteiger partial charge in [0.1, 0.15) is 11.5 Å². The summed E-state index contributed by atoms with van der Waals surface area (Å²) in [5.74, 6) is 1.11. The van der Waals surface area contributed by atoms with Crippen LogP contribution in [0.25, 0.3) is 0 Å². The first-order chi connectivity index (χ1) is 7.25. The highest BCUT2D eigenvalue weighted by atomic mass is 16.3. The molecule has 0 atom stereocenters. The van der Waals surface area contributed by atoms with Crippen molar-refractivity contribution in [1.29, 1.82) is 0 Å². The Hall–Kier alpha value is -1.90. The topological polar surface area (TPSA) is 45.4 Å². The van der Waals surface area contributed by atoms with Crippen LogP contribution in [0.1, 0.15) is 11.3 Å². The molecule has 0 bridgehead atoms. The normalized spacial score (nSPS) is 10.2. The van der Waals surface area contributed by atoms with Crippen molar-refractivity contribution in [3.8, 4) is 5.75 Å². The third-order valence-corrected chi connectivity index (χ3v) is 2.19. The first kappa shape index (κ1) is 9.65. The summed E-state index contributed by atoms with van der Waals surface area (Å²) in [5, 5.41) is 12.7. The first-order valence-corrected chi connectivity index (χ1v) is 4.81. The summed E-state index contributed by atoms with van der Waals surface area (Å²) < 4.78 is 5.17. The molecule has 0 saturated heterocycles. The summed E-state index contributed by atoms with van der Waals surface area (Å²) in [7, 11) is 0. The monoisotopic (exact) mass is 203 g/mol. The third-order valence-electron chi connectivity index (χ3n) is 2.19. The molecule has 0 aliphatic carbocycles. The van der Waals surface area contributed by atoms with Crippen LogP contribution in [-0.2, 0) is 6.54 Å². The number of hydrogen-bond acceptors (Lipinski definition) is 3. The van der Waals surface area contributed by atoms with Gasteiger partial charge in [0, 0.05) is 0 Å². The number of hydrogen-bond donors (Lipinski definition) is 2. The van der Waals surface area contributed by atoms with Crippen LogP contribution >= 0.6 is 0 Å². The lowest BCUT2D eigenvalue weighted by Crippen LogP contribution is -1.98. The molecule has 78 valence electrons. The van der Waals surface area contributed by atoms with Gasteiger partial charge < -0.3 is 14.8 Å². The largest absolute Gasteiger partial charge is 0.506 e. The molecule has 3 heteroatoms. The zero-order valence-corrected chi connectivity index (χ0v) is 8.53. The Bertz CT molecular complexity index is 435. The number of furan rings is 1. The van der Waals surface area contributed by atoms with Crippen molar-refractivity contribution in [3.63, 3.8) is 0 Å². The molecule has 2 rings (SSSR count). The molecule has 0 saturated carbocycles. The summed E-state index contributed by atoms with van der Waals surface area (Å²) in [6.07, 6.45) is 1.63. The molecule has 2 N–H and O–H groups in total. The van der Waals surface area contributed by atoms with E-state index in [1.807, 2.05) is 31.2 Å². The molecule has 0 radical (unpaired) electrons. The third kappa shape index (κ3) is 2.31. The number of phenols is 1. The zero-order chi connectivity index (χ0) is 10.7. The molecule has 3 nitrogen and oxygen atoms in total. The molecule has 0 fully saturated rings. The highest BCUT2D eigenvalue weighted by Gasteiger charge is 2.01. The van der Waals surface area contributed by atoms with Crippen LogP contribution in [-0.4, -0.2) is 5.11 Å². The number of benzene rings is 1. The number of anilines is 1. The van der Waals surface area contributed by atoms with E-state index in [0.29, 0.717) is 6.54 Å². The summed E-state index contributed by atoms with van der Waals surface area (Å²) in [4.78, 5) is 0. The van der Waals surface area contributed by atoms with E-state index >= 15 is 0 Å². The second-order valence-electron chi connectivity index (χ2n) is 3.45. The summed E-state index contributed by atoms with van der Waals surface area (Å²) in [5.41, 5.74) is 1.76. The SMILES string of the molecule is Cc1ccc(NCc2ccco2)c(O)c1. The molecule has 0 amide bonds. The summed E-state index contributed by atoms with van der Waals surface area (Å²) in [6.45, 7) is 2.51. The average Bonchev–Trinajstić information content (AvgIpc) is 2.69. The van der Waals surface area contributed by atoms with Crippen molar-refractivity contribution in [3.05, 3.63) is 47.9 Å². The fourth-order valence-corrected chi connectivity index (χ4v) is 1.39. The lowest BCUT2D eigenvalue weighted by molar-refractivity contribution is 0.475. The minimum Gasteiger partial charge on any atom is -0.506 e. The van der Waals surface area contributed by atoms with Gasteiger partial charge in [0.2, 0.25) is 0 Å². The maximum Gasteiger partial charge on any atom is 0.138 e. The predicted molar refractivity (Wildman–Crippen MR) is 58.9 cm³/mol. The second-order valence-corrected chi connectivity index (χ2v) is 3.45. The van der Waals surface area contributed by atoms with Crippen LogP contribution in [0, 0.1) is 6.92 Å². The van der Waals surface area contributed by atoms with E-state index in [-0.39, 0.29) is 5.75 Å². The van der Waals surface area contributed by atoms with E-state index in [4.69, 9.17) is 4.42 Å². The van der Waals surface area contributed by atoms with Crippen molar-refractivity contribution >= 4 is 5.69 Å². The molecule has 1 aromatic heterocycles. The van der Waals surface area contributed by atoms with Gasteiger partial charge in [-0.15, -0.1) is 0 Å². The highest BCUT2D eigenvalue weighted by molar-refractivity contribution is 5.56. The van der Waals surface area contributed by atoms with Gasteiger partial charge in [-0.05, 0) is 36.8 Å². The lowest BCUT2D eigenvalue weighted by Gasteiger charge is -2.07. The number of aryl methyl sites for hydroxylation is 1. The Balaban J connectivity index is 2.05. The van der Waals surface area contributed by atoms with Crippen LogP contribution in [0.5, 0.6) is 5.75 Å². The Morgan fingerprint density at radius 3 is 2.87 bits per heavy atom. The van der Waals surface area contributed by atoms with Gasteiger partial charge in [-0.25, -0.2) is 0 Å². The number of nitrogens with one attached hydrogen (secondary N) is 1. The van der Waals surface area contributed by atoms with Crippen LogP contribution in [0.4, 0.5) is 5.69 Å². The van der Waals surface area contributed by atoms with E-state index in [1.165, 1.54) is 0 Å².